The third kappa shape index (κ3) is 3.02. The van der Waals surface area contributed by atoms with E-state index in [1.165, 1.54) is 5.56 Å². The Morgan fingerprint density at radius 3 is 2.70 bits per heavy atom. The zero-order chi connectivity index (χ0) is 14.7. The minimum atomic E-state index is -0.0770. The quantitative estimate of drug-likeness (QED) is 0.911. The summed E-state index contributed by atoms with van der Waals surface area (Å²) in [5, 5.41) is 4.46. The second kappa shape index (κ2) is 6.09. The number of hydrogen-bond acceptors (Lipinski definition) is 3. The number of rotatable bonds is 5. The summed E-state index contributed by atoms with van der Waals surface area (Å²) in [6.45, 7) is 6.99. The second-order valence-corrected chi connectivity index (χ2v) is 5.15. The SMILES string of the molecule is CCn1nc(C)cc1C(N)Cc1cc(C)ccc1OC. The van der Waals surface area contributed by atoms with Gasteiger partial charge in [0.2, 0.25) is 0 Å². The van der Waals surface area contributed by atoms with Crippen molar-refractivity contribution in [2.45, 2.75) is 39.8 Å². The van der Waals surface area contributed by atoms with Gasteiger partial charge in [0.05, 0.1) is 24.5 Å². The maximum Gasteiger partial charge on any atom is 0.122 e. The molecule has 0 saturated heterocycles. The van der Waals surface area contributed by atoms with Crippen molar-refractivity contribution in [3.8, 4) is 5.75 Å². The lowest BCUT2D eigenvalue weighted by Crippen LogP contribution is -2.18. The first-order chi connectivity index (χ1) is 9.55. The summed E-state index contributed by atoms with van der Waals surface area (Å²) in [6, 6.07) is 8.18. The van der Waals surface area contributed by atoms with Crippen LogP contribution < -0.4 is 10.5 Å². The normalized spacial score (nSPS) is 12.4. The standard InChI is InChI=1S/C16H23N3O/c1-5-19-15(9-12(3)18-19)14(17)10-13-8-11(2)6-7-16(13)20-4/h6-9,14H,5,10,17H2,1-4H3. The van der Waals surface area contributed by atoms with E-state index in [1.54, 1.807) is 7.11 Å². The Bertz CT molecular complexity index is 589. The van der Waals surface area contributed by atoms with Gasteiger partial charge in [-0.25, -0.2) is 0 Å². The number of hydrogen-bond donors (Lipinski definition) is 1. The molecular formula is C16H23N3O. The Morgan fingerprint density at radius 2 is 2.05 bits per heavy atom. The predicted molar refractivity (Wildman–Crippen MR) is 81.0 cm³/mol. The Labute approximate surface area is 120 Å². The average molecular weight is 273 g/mol. The Kier molecular flexibility index (Phi) is 4.45. The van der Waals surface area contributed by atoms with Gasteiger partial charge in [0.15, 0.2) is 0 Å². The van der Waals surface area contributed by atoms with E-state index in [1.807, 2.05) is 23.7 Å². The largest absolute Gasteiger partial charge is 0.496 e. The van der Waals surface area contributed by atoms with Gasteiger partial charge < -0.3 is 10.5 Å². The molecule has 20 heavy (non-hydrogen) atoms. The molecule has 1 heterocycles. The van der Waals surface area contributed by atoms with Gasteiger partial charge in [-0.15, -0.1) is 0 Å². The van der Waals surface area contributed by atoms with E-state index < -0.39 is 0 Å². The summed E-state index contributed by atoms with van der Waals surface area (Å²) >= 11 is 0. The summed E-state index contributed by atoms with van der Waals surface area (Å²) in [4.78, 5) is 0. The van der Waals surface area contributed by atoms with Crippen molar-refractivity contribution in [2.75, 3.05) is 7.11 Å². The number of methoxy groups -OCH3 is 1. The highest BCUT2D eigenvalue weighted by Gasteiger charge is 2.15. The van der Waals surface area contributed by atoms with Crippen molar-refractivity contribution in [3.63, 3.8) is 0 Å². The van der Waals surface area contributed by atoms with Crippen LogP contribution in [-0.4, -0.2) is 16.9 Å². The molecule has 4 nitrogen and oxygen atoms in total. The summed E-state index contributed by atoms with van der Waals surface area (Å²) in [5.41, 5.74) is 10.8. The lowest BCUT2D eigenvalue weighted by molar-refractivity contribution is 0.407. The van der Waals surface area contributed by atoms with Crippen molar-refractivity contribution in [3.05, 3.63) is 46.8 Å². The first kappa shape index (κ1) is 14.6. The van der Waals surface area contributed by atoms with E-state index in [9.17, 15) is 0 Å². The van der Waals surface area contributed by atoms with E-state index in [0.717, 1.165) is 35.7 Å². The highest BCUT2D eigenvalue weighted by Crippen LogP contribution is 2.25. The molecule has 0 radical (unpaired) electrons. The molecule has 0 bridgehead atoms. The van der Waals surface area contributed by atoms with Crippen LogP contribution in [0.2, 0.25) is 0 Å². The summed E-state index contributed by atoms with van der Waals surface area (Å²) in [5.74, 6) is 0.894. The average Bonchev–Trinajstić information content (AvgIpc) is 2.80. The molecule has 0 amide bonds. The summed E-state index contributed by atoms with van der Waals surface area (Å²) in [7, 11) is 1.69. The molecule has 0 aliphatic carbocycles. The predicted octanol–water partition coefficient (Wildman–Crippen LogP) is 2.77. The van der Waals surface area contributed by atoms with Crippen molar-refractivity contribution in [1.29, 1.82) is 0 Å². The van der Waals surface area contributed by atoms with Gasteiger partial charge >= 0.3 is 0 Å². The molecular weight excluding hydrogens is 250 g/mol. The molecule has 2 N–H and O–H groups in total. The molecule has 0 aliphatic heterocycles. The van der Waals surface area contributed by atoms with E-state index in [-0.39, 0.29) is 6.04 Å². The fourth-order valence-corrected chi connectivity index (χ4v) is 2.53. The summed E-state index contributed by atoms with van der Waals surface area (Å²) in [6.07, 6.45) is 0.746. The number of ether oxygens (including phenoxy) is 1. The number of nitrogens with two attached hydrogens (primary N) is 1. The molecule has 0 spiro atoms. The number of aryl methyl sites for hydroxylation is 3. The number of benzene rings is 1. The first-order valence-electron chi connectivity index (χ1n) is 6.98. The molecule has 4 heteroatoms. The molecule has 2 aromatic rings. The highest BCUT2D eigenvalue weighted by molar-refractivity contribution is 5.38. The van der Waals surface area contributed by atoms with E-state index >= 15 is 0 Å². The van der Waals surface area contributed by atoms with Crippen LogP contribution in [0.3, 0.4) is 0 Å². The Balaban J connectivity index is 2.27. The van der Waals surface area contributed by atoms with Crippen LogP contribution in [0.15, 0.2) is 24.3 Å². The minimum absolute atomic E-state index is 0.0770. The lowest BCUT2D eigenvalue weighted by Gasteiger charge is -2.16. The van der Waals surface area contributed by atoms with Crippen molar-refractivity contribution >= 4 is 0 Å². The minimum Gasteiger partial charge on any atom is -0.496 e. The Morgan fingerprint density at radius 1 is 1.30 bits per heavy atom. The maximum atomic E-state index is 6.37. The van der Waals surface area contributed by atoms with E-state index in [2.05, 4.69) is 31.1 Å². The molecule has 1 unspecified atom stereocenters. The monoisotopic (exact) mass is 273 g/mol. The molecule has 2 rings (SSSR count). The van der Waals surface area contributed by atoms with Crippen LogP contribution in [0.25, 0.3) is 0 Å². The third-order valence-corrected chi connectivity index (χ3v) is 3.49. The number of nitrogens with zero attached hydrogens (tertiary/aromatic N) is 2. The molecule has 0 fully saturated rings. The molecule has 0 saturated carbocycles. The topological polar surface area (TPSA) is 53.1 Å². The van der Waals surface area contributed by atoms with Gasteiger partial charge in [0, 0.05) is 6.54 Å². The van der Waals surface area contributed by atoms with E-state index in [0.29, 0.717) is 0 Å². The van der Waals surface area contributed by atoms with Gasteiger partial charge in [0.1, 0.15) is 5.75 Å². The van der Waals surface area contributed by atoms with Crippen LogP contribution in [-0.2, 0) is 13.0 Å². The fraction of sp³-hybridized carbons (Fsp3) is 0.438. The van der Waals surface area contributed by atoms with E-state index in [4.69, 9.17) is 10.5 Å². The zero-order valence-electron chi connectivity index (χ0n) is 12.7. The van der Waals surface area contributed by atoms with Crippen LogP contribution >= 0.6 is 0 Å². The van der Waals surface area contributed by atoms with Crippen LogP contribution in [0.5, 0.6) is 5.75 Å². The van der Waals surface area contributed by atoms with Crippen molar-refractivity contribution in [2.24, 2.45) is 5.73 Å². The van der Waals surface area contributed by atoms with Gasteiger partial charge in [-0.05, 0) is 44.9 Å². The van der Waals surface area contributed by atoms with Gasteiger partial charge in [-0.1, -0.05) is 17.7 Å². The van der Waals surface area contributed by atoms with Gasteiger partial charge in [-0.2, -0.15) is 5.10 Å². The third-order valence-electron chi connectivity index (χ3n) is 3.49. The lowest BCUT2D eigenvalue weighted by atomic mass is 10.0. The van der Waals surface area contributed by atoms with Crippen molar-refractivity contribution in [1.82, 2.24) is 9.78 Å². The summed E-state index contributed by atoms with van der Waals surface area (Å²) < 4.78 is 7.40. The molecule has 1 aromatic heterocycles. The van der Waals surface area contributed by atoms with Crippen LogP contribution in [0.4, 0.5) is 0 Å². The highest BCUT2D eigenvalue weighted by atomic mass is 16.5. The second-order valence-electron chi connectivity index (χ2n) is 5.15. The first-order valence-corrected chi connectivity index (χ1v) is 6.98. The number of aromatic nitrogens is 2. The maximum absolute atomic E-state index is 6.37. The van der Waals surface area contributed by atoms with Crippen LogP contribution in [0, 0.1) is 13.8 Å². The Hall–Kier alpha value is -1.81. The van der Waals surface area contributed by atoms with Gasteiger partial charge in [0.25, 0.3) is 0 Å². The molecule has 1 atom stereocenters. The molecule has 1 aromatic carbocycles. The molecule has 108 valence electrons. The molecule has 0 aliphatic rings. The fourth-order valence-electron chi connectivity index (χ4n) is 2.53. The van der Waals surface area contributed by atoms with Crippen molar-refractivity contribution < 1.29 is 4.74 Å². The van der Waals surface area contributed by atoms with Gasteiger partial charge in [-0.3, -0.25) is 4.68 Å². The van der Waals surface area contributed by atoms with Crippen LogP contribution in [0.1, 0.15) is 35.5 Å². The smallest absolute Gasteiger partial charge is 0.122 e. The zero-order valence-corrected chi connectivity index (χ0v) is 12.7.